The molecule has 0 fully saturated rings. The van der Waals surface area contributed by atoms with Gasteiger partial charge in [0.2, 0.25) is 0 Å². The van der Waals surface area contributed by atoms with Gasteiger partial charge < -0.3 is 20.1 Å². The van der Waals surface area contributed by atoms with E-state index in [2.05, 4.69) is 10.2 Å². The largest absolute Gasteiger partial charge is 0.478 e. The van der Waals surface area contributed by atoms with Gasteiger partial charge in [0.1, 0.15) is 0 Å². The van der Waals surface area contributed by atoms with Crippen molar-refractivity contribution in [1.29, 1.82) is 0 Å². The van der Waals surface area contributed by atoms with Crippen molar-refractivity contribution >= 4 is 17.3 Å². The molecule has 2 N–H and O–H groups in total. The van der Waals surface area contributed by atoms with E-state index in [0.717, 1.165) is 44.0 Å². The molecule has 18 heavy (non-hydrogen) atoms. The Balaban J connectivity index is 2.14. The number of hydrogen-bond acceptors (Lipinski definition) is 4. The lowest BCUT2D eigenvalue weighted by Crippen LogP contribution is -2.35. The maximum Gasteiger partial charge on any atom is 0.335 e. The third-order valence-corrected chi connectivity index (χ3v) is 3.06. The highest BCUT2D eigenvalue weighted by atomic mass is 16.5. The number of benzene rings is 1. The molecule has 0 aromatic heterocycles. The van der Waals surface area contributed by atoms with Gasteiger partial charge in [-0.3, -0.25) is 0 Å². The van der Waals surface area contributed by atoms with Crippen LogP contribution in [0.3, 0.4) is 0 Å². The van der Waals surface area contributed by atoms with E-state index in [4.69, 9.17) is 9.84 Å². The topological polar surface area (TPSA) is 61.8 Å². The minimum absolute atomic E-state index is 0.319. The highest BCUT2D eigenvalue weighted by Crippen LogP contribution is 2.30. The summed E-state index contributed by atoms with van der Waals surface area (Å²) in [6.07, 6.45) is 0.969. The van der Waals surface area contributed by atoms with Crippen LogP contribution in [-0.2, 0) is 4.74 Å². The van der Waals surface area contributed by atoms with Gasteiger partial charge in [0.25, 0.3) is 0 Å². The van der Waals surface area contributed by atoms with Crippen LogP contribution >= 0.6 is 0 Å². The maximum atomic E-state index is 10.9. The SMILES string of the molecule is COCCCN1CCNc2cc(C(=O)O)ccc21. The normalized spacial score (nSPS) is 13.9. The van der Waals surface area contributed by atoms with Crippen LogP contribution in [0.15, 0.2) is 18.2 Å². The van der Waals surface area contributed by atoms with Crippen molar-refractivity contribution < 1.29 is 14.6 Å². The predicted molar refractivity (Wildman–Crippen MR) is 70.6 cm³/mol. The number of carboxylic acid groups (broad SMARTS) is 1. The summed E-state index contributed by atoms with van der Waals surface area (Å²) < 4.78 is 5.05. The standard InChI is InChI=1S/C13H18N2O3/c1-18-8-2-6-15-7-5-14-11-9-10(13(16)17)3-4-12(11)15/h3-4,9,14H,2,5-8H2,1H3,(H,16,17). The van der Waals surface area contributed by atoms with Crippen molar-refractivity contribution in [2.24, 2.45) is 0 Å². The molecular formula is C13H18N2O3. The van der Waals surface area contributed by atoms with E-state index < -0.39 is 5.97 Å². The molecule has 0 unspecified atom stereocenters. The van der Waals surface area contributed by atoms with Crippen molar-refractivity contribution in [3.05, 3.63) is 23.8 Å². The summed E-state index contributed by atoms with van der Waals surface area (Å²) in [6, 6.07) is 5.22. The molecule has 0 spiro atoms. The van der Waals surface area contributed by atoms with Crippen LogP contribution in [0.4, 0.5) is 11.4 Å². The molecule has 98 valence electrons. The fourth-order valence-electron chi connectivity index (χ4n) is 2.16. The summed E-state index contributed by atoms with van der Waals surface area (Å²) in [6.45, 7) is 3.44. The molecule has 5 heteroatoms. The highest BCUT2D eigenvalue weighted by molar-refractivity contribution is 5.91. The molecule has 1 aromatic carbocycles. The van der Waals surface area contributed by atoms with Gasteiger partial charge in [0.05, 0.1) is 16.9 Å². The monoisotopic (exact) mass is 250 g/mol. The van der Waals surface area contributed by atoms with Gasteiger partial charge in [0, 0.05) is 33.4 Å². The average molecular weight is 250 g/mol. The Morgan fingerprint density at radius 1 is 1.56 bits per heavy atom. The van der Waals surface area contributed by atoms with E-state index in [1.165, 1.54) is 0 Å². The molecule has 0 aliphatic carbocycles. The predicted octanol–water partition coefficient (Wildman–Crippen LogP) is 1.65. The lowest BCUT2D eigenvalue weighted by atomic mass is 10.1. The fraction of sp³-hybridized carbons (Fsp3) is 0.462. The van der Waals surface area contributed by atoms with Crippen molar-refractivity contribution in [2.45, 2.75) is 6.42 Å². The van der Waals surface area contributed by atoms with E-state index in [9.17, 15) is 4.79 Å². The summed E-state index contributed by atoms with van der Waals surface area (Å²) in [5.41, 5.74) is 2.29. The molecule has 1 aliphatic heterocycles. The quantitative estimate of drug-likeness (QED) is 0.778. The molecule has 0 atom stereocenters. The third-order valence-electron chi connectivity index (χ3n) is 3.06. The first-order valence-corrected chi connectivity index (χ1v) is 6.07. The second-order valence-electron chi connectivity index (χ2n) is 4.30. The van der Waals surface area contributed by atoms with Crippen LogP contribution < -0.4 is 10.2 Å². The van der Waals surface area contributed by atoms with E-state index in [-0.39, 0.29) is 0 Å². The minimum atomic E-state index is -0.892. The van der Waals surface area contributed by atoms with E-state index >= 15 is 0 Å². The summed E-state index contributed by atoms with van der Waals surface area (Å²) in [7, 11) is 1.70. The Morgan fingerprint density at radius 2 is 2.39 bits per heavy atom. The van der Waals surface area contributed by atoms with E-state index in [1.807, 2.05) is 6.07 Å². The Hall–Kier alpha value is -1.75. The number of methoxy groups -OCH3 is 1. The van der Waals surface area contributed by atoms with Crippen molar-refractivity contribution in [3.63, 3.8) is 0 Å². The molecular weight excluding hydrogens is 232 g/mol. The van der Waals surface area contributed by atoms with Gasteiger partial charge >= 0.3 is 5.97 Å². The number of fused-ring (bicyclic) bond motifs is 1. The zero-order valence-electron chi connectivity index (χ0n) is 10.5. The average Bonchev–Trinajstić information content (AvgIpc) is 2.38. The van der Waals surface area contributed by atoms with Crippen LogP contribution in [0.1, 0.15) is 16.8 Å². The fourth-order valence-corrected chi connectivity index (χ4v) is 2.16. The molecule has 5 nitrogen and oxygen atoms in total. The number of aromatic carboxylic acids is 1. The number of anilines is 2. The van der Waals surface area contributed by atoms with Crippen LogP contribution in [0.25, 0.3) is 0 Å². The van der Waals surface area contributed by atoms with Gasteiger partial charge in [0.15, 0.2) is 0 Å². The Bertz CT molecular complexity index is 434. The number of rotatable bonds is 5. The number of nitrogens with zero attached hydrogens (tertiary/aromatic N) is 1. The van der Waals surface area contributed by atoms with Gasteiger partial charge in [-0.25, -0.2) is 4.79 Å². The molecule has 1 aliphatic rings. The molecule has 2 rings (SSSR count). The Kier molecular flexibility index (Phi) is 4.04. The van der Waals surface area contributed by atoms with Gasteiger partial charge in [-0.2, -0.15) is 0 Å². The first kappa shape index (κ1) is 12.7. The minimum Gasteiger partial charge on any atom is -0.478 e. The first-order valence-electron chi connectivity index (χ1n) is 6.07. The Morgan fingerprint density at radius 3 is 3.11 bits per heavy atom. The van der Waals surface area contributed by atoms with Crippen molar-refractivity contribution in [3.8, 4) is 0 Å². The van der Waals surface area contributed by atoms with Crippen molar-refractivity contribution in [2.75, 3.05) is 43.6 Å². The number of hydrogen-bond donors (Lipinski definition) is 2. The van der Waals surface area contributed by atoms with Crippen LogP contribution in [0, 0.1) is 0 Å². The lowest BCUT2D eigenvalue weighted by molar-refractivity contribution is 0.0697. The number of nitrogens with one attached hydrogen (secondary N) is 1. The second kappa shape index (κ2) is 5.73. The molecule has 0 saturated heterocycles. The maximum absolute atomic E-state index is 10.9. The number of carboxylic acids is 1. The number of ether oxygens (including phenoxy) is 1. The number of carbonyl (C=O) groups is 1. The molecule has 0 bridgehead atoms. The zero-order chi connectivity index (χ0) is 13.0. The van der Waals surface area contributed by atoms with Crippen LogP contribution in [0.5, 0.6) is 0 Å². The third kappa shape index (κ3) is 2.73. The second-order valence-corrected chi connectivity index (χ2v) is 4.30. The molecule has 0 radical (unpaired) electrons. The lowest BCUT2D eigenvalue weighted by Gasteiger charge is -2.32. The molecule has 0 saturated carbocycles. The summed E-state index contributed by atoms with van der Waals surface area (Å²) in [5, 5.41) is 12.2. The highest BCUT2D eigenvalue weighted by Gasteiger charge is 2.17. The molecule has 1 aromatic rings. The van der Waals surface area contributed by atoms with Gasteiger partial charge in [-0.15, -0.1) is 0 Å². The van der Waals surface area contributed by atoms with E-state index in [1.54, 1.807) is 19.2 Å². The zero-order valence-corrected chi connectivity index (χ0v) is 10.5. The van der Waals surface area contributed by atoms with Crippen LogP contribution in [-0.4, -0.2) is 44.4 Å². The summed E-state index contributed by atoms with van der Waals surface area (Å²) in [5.74, 6) is -0.892. The molecule has 1 heterocycles. The Labute approximate surface area is 106 Å². The summed E-state index contributed by atoms with van der Waals surface area (Å²) >= 11 is 0. The smallest absolute Gasteiger partial charge is 0.335 e. The summed E-state index contributed by atoms with van der Waals surface area (Å²) in [4.78, 5) is 13.2. The van der Waals surface area contributed by atoms with E-state index in [0.29, 0.717) is 5.56 Å². The van der Waals surface area contributed by atoms with Gasteiger partial charge in [-0.1, -0.05) is 0 Å². The first-order chi connectivity index (χ1) is 8.72. The van der Waals surface area contributed by atoms with Crippen LogP contribution in [0.2, 0.25) is 0 Å². The molecule has 0 amide bonds. The van der Waals surface area contributed by atoms with Crippen molar-refractivity contribution in [1.82, 2.24) is 0 Å². The van der Waals surface area contributed by atoms with Gasteiger partial charge in [-0.05, 0) is 24.6 Å².